The van der Waals surface area contributed by atoms with Crippen molar-refractivity contribution in [2.75, 3.05) is 19.8 Å². The number of benzene rings is 1. The molecule has 1 saturated carbocycles. The molecule has 0 radical (unpaired) electrons. The molecule has 1 saturated heterocycles. The van der Waals surface area contributed by atoms with Crippen molar-refractivity contribution in [3.05, 3.63) is 35.4 Å². The minimum Gasteiger partial charge on any atom is -0.381 e. The first-order valence-corrected chi connectivity index (χ1v) is 9.14. The van der Waals surface area contributed by atoms with E-state index < -0.39 is 0 Å². The first-order valence-electron chi connectivity index (χ1n) is 9.14. The van der Waals surface area contributed by atoms with E-state index in [1.165, 1.54) is 12.0 Å². The van der Waals surface area contributed by atoms with Crippen LogP contribution in [0.1, 0.15) is 61.9 Å². The van der Waals surface area contributed by atoms with Crippen LogP contribution in [0.4, 0.5) is 0 Å². The molecule has 0 aromatic heterocycles. The van der Waals surface area contributed by atoms with Crippen LogP contribution in [-0.2, 0) is 4.74 Å². The molecule has 4 heteroatoms. The molecule has 1 amide bonds. The fourth-order valence-corrected chi connectivity index (χ4v) is 3.25. The van der Waals surface area contributed by atoms with E-state index >= 15 is 0 Å². The van der Waals surface area contributed by atoms with Gasteiger partial charge in [-0.1, -0.05) is 32.9 Å². The van der Waals surface area contributed by atoms with Crippen molar-refractivity contribution in [1.82, 2.24) is 10.6 Å². The molecular formula is C20H30N2O2. The van der Waals surface area contributed by atoms with E-state index in [-0.39, 0.29) is 11.9 Å². The van der Waals surface area contributed by atoms with Gasteiger partial charge in [0, 0.05) is 43.3 Å². The molecule has 3 rings (SSSR count). The molecule has 1 heterocycles. The summed E-state index contributed by atoms with van der Waals surface area (Å²) in [5, 5.41) is 6.79. The second-order valence-electron chi connectivity index (χ2n) is 8.38. The summed E-state index contributed by atoms with van der Waals surface area (Å²) in [6.07, 6.45) is 2.99. The van der Waals surface area contributed by atoms with E-state index in [0.29, 0.717) is 17.4 Å². The SMILES string of the molecule is CC(C)(C)CN[C@@H]1C[C@H]1c1cccc(C(=O)NC2CCOCC2)c1. The molecule has 132 valence electrons. The van der Waals surface area contributed by atoms with Gasteiger partial charge < -0.3 is 15.4 Å². The average Bonchev–Trinajstić information content (AvgIpc) is 3.33. The third-order valence-electron chi connectivity index (χ3n) is 4.82. The highest BCUT2D eigenvalue weighted by Gasteiger charge is 2.38. The van der Waals surface area contributed by atoms with Crippen LogP contribution in [-0.4, -0.2) is 37.7 Å². The smallest absolute Gasteiger partial charge is 0.251 e. The van der Waals surface area contributed by atoms with Crippen LogP contribution in [0.15, 0.2) is 24.3 Å². The topological polar surface area (TPSA) is 50.4 Å². The maximum atomic E-state index is 12.5. The van der Waals surface area contributed by atoms with Gasteiger partial charge in [0.25, 0.3) is 5.91 Å². The van der Waals surface area contributed by atoms with E-state index in [1.54, 1.807) is 0 Å². The van der Waals surface area contributed by atoms with Crippen molar-refractivity contribution >= 4 is 5.91 Å². The minimum atomic E-state index is 0.0450. The fourth-order valence-electron chi connectivity index (χ4n) is 3.25. The highest BCUT2D eigenvalue weighted by molar-refractivity contribution is 5.94. The fraction of sp³-hybridized carbons (Fsp3) is 0.650. The van der Waals surface area contributed by atoms with Gasteiger partial charge in [-0.05, 0) is 42.4 Å². The molecule has 4 nitrogen and oxygen atoms in total. The lowest BCUT2D eigenvalue weighted by Crippen LogP contribution is -2.38. The molecular weight excluding hydrogens is 300 g/mol. The minimum absolute atomic E-state index is 0.0450. The van der Waals surface area contributed by atoms with E-state index in [0.717, 1.165) is 38.2 Å². The van der Waals surface area contributed by atoms with Crippen LogP contribution in [0.2, 0.25) is 0 Å². The highest BCUT2D eigenvalue weighted by Crippen LogP contribution is 2.41. The lowest BCUT2D eigenvalue weighted by molar-refractivity contribution is 0.0696. The zero-order valence-electron chi connectivity index (χ0n) is 15.1. The maximum absolute atomic E-state index is 12.5. The van der Waals surface area contributed by atoms with Crippen LogP contribution < -0.4 is 10.6 Å². The third kappa shape index (κ3) is 4.81. The quantitative estimate of drug-likeness (QED) is 0.872. The van der Waals surface area contributed by atoms with Crippen LogP contribution >= 0.6 is 0 Å². The molecule has 1 aromatic carbocycles. The summed E-state index contributed by atoms with van der Waals surface area (Å²) in [6.45, 7) is 9.26. The molecule has 1 aliphatic heterocycles. The van der Waals surface area contributed by atoms with Gasteiger partial charge in [0.15, 0.2) is 0 Å². The summed E-state index contributed by atoms with van der Waals surface area (Å²) >= 11 is 0. The van der Waals surface area contributed by atoms with E-state index in [1.807, 2.05) is 12.1 Å². The van der Waals surface area contributed by atoms with Crippen molar-refractivity contribution in [2.24, 2.45) is 5.41 Å². The predicted octanol–water partition coefficient (Wildman–Crippen LogP) is 3.09. The summed E-state index contributed by atoms with van der Waals surface area (Å²) in [5.41, 5.74) is 2.36. The van der Waals surface area contributed by atoms with Crippen molar-refractivity contribution in [1.29, 1.82) is 0 Å². The van der Waals surface area contributed by atoms with Gasteiger partial charge in [0.1, 0.15) is 0 Å². The Morgan fingerprint density at radius 2 is 2.00 bits per heavy atom. The van der Waals surface area contributed by atoms with Gasteiger partial charge in [-0.25, -0.2) is 0 Å². The molecule has 2 N–H and O–H groups in total. The number of carbonyl (C=O) groups excluding carboxylic acids is 1. The summed E-state index contributed by atoms with van der Waals surface area (Å²) in [6, 6.07) is 8.94. The molecule has 2 atom stereocenters. The summed E-state index contributed by atoms with van der Waals surface area (Å²) in [7, 11) is 0. The van der Waals surface area contributed by atoms with Gasteiger partial charge in [0.2, 0.25) is 0 Å². The van der Waals surface area contributed by atoms with E-state index in [2.05, 4.69) is 43.5 Å². The lowest BCUT2D eigenvalue weighted by atomic mass is 9.97. The van der Waals surface area contributed by atoms with Crippen LogP contribution in [0.5, 0.6) is 0 Å². The van der Waals surface area contributed by atoms with Gasteiger partial charge in [-0.3, -0.25) is 4.79 Å². The van der Waals surface area contributed by atoms with Gasteiger partial charge in [0.05, 0.1) is 0 Å². The molecule has 0 bridgehead atoms. The number of ether oxygens (including phenoxy) is 1. The molecule has 2 fully saturated rings. The Bertz CT molecular complexity index is 573. The van der Waals surface area contributed by atoms with Crippen molar-refractivity contribution in [3.63, 3.8) is 0 Å². The van der Waals surface area contributed by atoms with Crippen molar-refractivity contribution in [3.8, 4) is 0 Å². The molecule has 1 aromatic rings. The van der Waals surface area contributed by atoms with Gasteiger partial charge in [-0.2, -0.15) is 0 Å². The molecule has 1 aliphatic carbocycles. The Labute approximate surface area is 145 Å². The van der Waals surface area contributed by atoms with E-state index in [4.69, 9.17) is 4.74 Å². The van der Waals surface area contributed by atoms with Crippen molar-refractivity contribution < 1.29 is 9.53 Å². The Hall–Kier alpha value is -1.39. The average molecular weight is 330 g/mol. The van der Waals surface area contributed by atoms with Crippen LogP contribution in [0, 0.1) is 5.41 Å². The van der Waals surface area contributed by atoms with Crippen LogP contribution in [0.3, 0.4) is 0 Å². The highest BCUT2D eigenvalue weighted by atomic mass is 16.5. The monoisotopic (exact) mass is 330 g/mol. The zero-order valence-corrected chi connectivity index (χ0v) is 15.1. The first-order chi connectivity index (χ1) is 11.4. The normalized spacial score (nSPS) is 24.6. The Kier molecular flexibility index (Phi) is 5.26. The number of amides is 1. The third-order valence-corrected chi connectivity index (χ3v) is 4.82. The number of rotatable bonds is 5. The number of hydrogen-bond acceptors (Lipinski definition) is 3. The Balaban J connectivity index is 1.55. The summed E-state index contributed by atoms with van der Waals surface area (Å²) in [4.78, 5) is 12.5. The summed E-state index contributed by atoms with van der Waals surface area (Å²) in [5.74, 6) is 0.590. The zero-order chi connectivity index (χ0) is 17.2. The lowest BCUT2D eigenvalue weighted by Gasteiger charge is -2.23. The maximum Gasteiger partial charge on any atom is 0.251 e. The Morgan fingerprint density at radius 1 is 1.25 bits per heavy atom. The van der Waals surface area contributed by atoms with Gasteiger partial charge >= 0.3 is 0 Å². The number of carbonyl (C=O) groups is 1. The first kappa shape index (κ1) is 17.4. The number of nitrogens with one attached hydrogen (secondary N) is 2. The standard InChI is InChI=1S/C20H30N2O2/c1-20(2,3)13-21-18-12-17(18)14-5-4-6-15(11-14)19(23)22-16-7-9-24-10-8-16/h4-6,11,16-18,21H,7-10,12-13H2,1-3H3,(H,22,23)/t17-,18+/m0/s1. The Morgan fingerprint density at radius 3 is 2.71 bits per heavy atom. The second kappa shape index (κ2) is 7.24. The largest absolute Gasteiger partial charge is 0.381 e. The molecule has 2 aliphatic rings. The molecule has 0 spiro atoms. The van der Waals surface area contributed by atoms with Crippen molar-refractivity contribution in [2.45, 2.75) is 58.0 Å². The van der Waals surface area contributed by atoms with Crippen LogP contribution in [0.25, 0.3) is 0 Å². The molecule has 24 heavy (non-hydrogen) atoms. The second-order valence-corrected chi connectivity index (χ2v) is 8.38. The predicted molar refractivity (Wildman–Crippen MR) is 96.4 cm³/mol. The van der Waals surface area contributed by atoms with Gasteiger partial charge in [-0.15, -0.1) is 0 Å². The van der Waals surface area contributed by atoms with E-state index in [9.17, 15) is 4.79 Å². The molecule has 0 unspecified atom stereocenters. The number of hydrogen-bond donors (Lipinski definition) is 2. The summed E-state index contributed by atoms with van der Waals surface area (Å²) < 4.78 is 5.35.